The quantitative estimate of drug-likeness (QED) is 0.461. The number of ketones is 1. The van der Waals surface area contributed by atoms with Crippen LogP contribution in [0.5, 0.6) is 17.2 Å². The summed E-state index contributed by atoms with van der Waals surface area (Å²) >= 11 is 0. The van der Waals surface area contributed by atoms with Gasteiger partial charge in [0.25, 0.3) is 0 Å². The highest BCUT2D eigenvalue weighted by Crippen LogP contribution is 2.31. The van der Waals surface area contributed by atoms with Crippen molar-refractivity contribution in [3.8, 4) is 17.2 Å². The zero-order valence-electron chi connectivity index (χ0n) is 7.19. The summed E-state index contributed by atoms with van der Waals surface area (Å²) in [5.74, 6) is -1.86. The van der Waals surface area contributed by atoms with Gasteiger partial charge in [-0.1, -0.05) is 0 Å². The zero-order valence-corrected chi connectivity index (χ0v) is 7.19. The molecular formula is C8H11NO5. The summed E-state index contributed by atoms with van der Waals surface area (Å²) < 4.78 is 0. The van der Waals surface area contributed by atoms with Crippen molar-refractivity contribution in [3.63, 3.8) is 0 Å². The van der Waals surface area contributed by atoms with Gasteiger partial charge in [-0.05, 0) is 0 Å². The molecule has 0 aromatic heterocycles. The minimum absolute atomic E-state index is 0. The number of benzene rings is 1. The van der Waals surface area contributed by atoms with Crippen molar-refractivity contribution in [2.45, 2.75) is 0 Å². The van der Waals surface area contributed by atoms with Gasteiger partial charge in [-0.15, -0.1) is 0 Å². The second-order valence-electron chi connectivity index (χ2n) is 2.49. The predicted octanol–water partition coefficient (Wildman–Crippen LogP) is -0.880. The number of Topliss-reactive ketones (excluding diaryl/α,β-unsaturated/α-hetero) is 1. The number of hydrogen-bond donors (Lipinski definition) is 4. The van der Waals surface area contributed by atoms with E-state index in [1.54, 1.807) is 0 Å². The van der Waals surface area contributed by atoms with Crippen molar-refractivity contribution >= 4 is 5.78 Å². The molecule has 0 heterocycles. The molecule has 0 aliphatic rings. The van der Waals surface area contributed by atoms with Crippen molar-refractivity contribution in [2.75, 3.05) is 6.54 Å². The molecule has 78 valence electrons. The van der Waals surface area contributed by atoms with Gasteiger partial charge in [0.1, 0.15) is 22.8 Å². The number of phenolic OH excluding ortho intramolecular Hbond substituents is 3. The van der Waals surface area contributed by atoms with Crippen LogP contribution in [0.2, 0.25) is 0 Å². The number of hydrogen-bond acceptors (Lipinski definition) is 5. The first-order chi connectivity index (χ1) is 6.06. The Kier molecular flexibility index (Phi) is 3.88. The summed E-state index contributed by atoms with van der Waals surface area (Å²) in [7, 11) is 0. The van der Waals surface area contributed by atoms with Crippen LogP contribution in [-0.4, -0.2) is 33.1 Å². The number of phenols is 3. The van der Waals surface area contributed by atoms with Gasteiger partial charge < -0.3 is 26.5 Å². The van der Waals surface area contributed by atoms with Gasteiger partial charge in [0.2, 0.25) is 0 Å². The Morgan fingerprint density at radius 2 is 1.64 bits per heavy atom. The van der Waals surface area contributed by atoms with E-state index in [9.17, 15) is 15.0 Å². The molecule has 1 aromatic rings. The Morgan fingerprint density at radius 1 is 1.21 bits per heavy atom. The Bertz CT molecular complexity index is 327. The van der Waals surface area contributed by atoms with Gasteiger partial charge in [0.05, 0.1) is 6.54 Å². The lowest BCUT2D eigenvalue weighted by atomic mass is 10.1. The molecule has 0 fully saturated rings. The van der Waals surface area contributed by atoms with Crippen molar-refractivity contribution in [1.29, 1.82) is 0 Å². The van der Waals surface area contributed by atoms with Crippen LogP contribution in [-0.2, 0) is 0 Å². The molecule has 0 aliphatic carbocycles. The summed E-state index contributed by atoms with van der Waals surface area (Å²) in [6, 6.07) is 1.92. The fraction of sp³-hybridized carbons (Fsp3) is 0.125. The largest absolute Gasteiger partial charge is 0.508 e. The summed E-state index contributed by atoms with van der Waals surface area (Å²) in [6.07, 6.45) is 0. The minimum atomic E-state index is -0.588. The third-order valence-corrected chi connectivity index (χ3v) is 1.55. The lowest BCUT2D eigenvalue weighted by Crippen LogP contribution is -2.13. The molecule has 1 rings (SSSR count). The Morgan fingerprint density at radius 3 is 2.00 bits per heavy atom. The van der Waals surface area contributed by atoms with Gasteiger partial charge in [-0.25, -0.2) is 0 Å². The van der Waals surface area contributed by atoms with Crippen LogP contribution < -0.4 is 5.73 Å². The van der Waals surface area contributed by atoms with Crippen LogP contribution in [0.15, 0.2) is 12.1 Å². The SMILES string of the molecule is NCC(=O)c1c(O)cc(O)cc1O.O. The molecule has 14 heavy (non-hydrogen) atoms. The molecular weight excluding hydrogens is 190 g/mol. The smallest absolute Gasteiger partial charge is 0.183 e. The van der Waals surface area contributed by atoms with Crippen LogP contribution in [0.3, 0.4) is 0 Å². The van der Waals surface area contributed by atoms with Crippen LogP contribution in [0.1, 0.15) is 10.4 Å². The molecule has 0 bridgehead atoms. The van der Waals surface area contributed by atoms with Gasteiger partial charge in [-0.3, -0.25) is 4.79 Å². The lowest BCUT2D eigenvalue weighted by molar-refractivity contribution is 0.0996. The first-order valence-corrected chi connectivity index (χ1v) is 3.54. The maximum Gasteiger partial charge on any atom is 0.183 e. The second kappa shape index (κ2) is 4.45. The van der Waals surface area contributed by atoms with E-state index in [1.165, 1.54) is 0 Å². The molecule has 0 saturated carbocycles. The number of rotatable bonds is 2. The summed E-state index contributed by atoms with van der Waals surface area (Å²) in [5, 5.41) is 27.3. The maximum atomic E-state index is 11.0. The number of aromatic hydroxyl groups is 3. The van der Waals surface area contributed by atoms with Crippen LogP contribution in [0.25, 0.3) is 0 Å². The van der Waals surface area contributed by atoms with Crippen molar-refractivity contribution < 1.29 is 25.6 Å². The third kappa shape index (κ3) is 2.12. The summed E-state index contributed by atoms with van der Waals surface area (Å²) in [6.45, 7) is -0.314. The predicted molar refractivity (Wildman–Crippen MR) is 48.4 cm³/mol. The van der Waals surface area contributed by atoms with E-state index >= 15 is 0 Å². The molecule has 0 spiro atoms. The molecule has 0 radical (unpaired) electrons. The molecule has 0 atom stereocenters. The van der Waals surface area contributed by atoms with E-state index in [-0.39, 0.29) is 23.3 Å². The Labute approximate surface area is 79.5 Å². The molecule has 0 unspecified atom stereocenters. The van der Waals surface area contributed by atoms with Crippen LogP contribution in [0, 0.1) is 0 Å². The van der Waals surface area contributed by atoms with Gasteiger partial charge in [0.15, 0.2) is 5.78 Å². The number of nitrogens with two attached hydrogens (primary N) is 1. The lowest BCUT2D eigenvalue weighted by Gasteiger charge is -2.05. The Balaban J connectivity index is 0.00000169. The van der Waals surface area contributed by atoms with E-state index in [2.05, 4.69) is 0 Å². The minimum Gasteiger partial charge on any atom is -0.508 e. The highest BCUT2D eigenvalue weighted by molar-refractivity contribution is 6.02. The molecule has 6 nitrogen and oxygen atoms in total. The summed E-state index contributed by atoms with van der Waals surface area (Å²) in [5.41, 5.74) is 4.78. The second-order valence-corrected chi connectivity index (χ2v) is 2.49. The fourth-order valence-electron chi connectivity index (χ4n) is 0.985. The zero-order chi connectivity index (χ0) is 10.0. The van der Waals surface area contributed by atoms with Crippen molar-refractivity contribution in [2.24, 2.45) is 5.73 Å². The molecule has 6 heteroatoms. The van der Waals surface area contributed by atoms with Gasteiger partial charge >= 0.3 is 0 Å². The van der Waals surface area contributed by atoms with E-state index in [0.29, 0.717) is 0 Å². The monoisotopic (exact) mass is 201 g/mol. The first kappa shape index (κ1) is 12.2. The summed E-state index contributed by atoms with van der Waals surface area (Å²) in [4.78, 5) is 11.0. The topological polar surface area (TPSA) is 135 Å². The van der Waals surface area contributed by atoms with E-state index in [0.717, 1.165) is 12.1 Å². The van der Waals surface area contributed by atoms with Crippen molar-refractivity contribution in [3.05, 3.63) is 17.7 Å². The van der Waals surface area contributed by atoms with E-state index in [1.807, 2.05) is 0 Å². The number of carbonyl (C=O) groups is 1. The highest BCUT2D eigenvalue weighted by Gasteiger charge is 2.15. The molecule has 7 N–H and O–H groups in total. The van der Waals surface area contributed by atoms with Crippen LogP contribution in [0.4, 0.5) is 0 Å². The fourth-order valence-corrected chi connectivity index (χ4v) is 0.985. The van der Waals surface area contributed by atoms with Gasteiger partial charge in [-0.2, -0.15) is 0 Å². The first-order valence-electron chi connectivity index (χ1n) is 3.54. The maximum absolute atomic E-state index is 11.0. The van der Waals surface area contributed by atoms with E-state index < -0.39 is 17.3 Å². The molecule has 1 aromatic carbocycles. The average Bonchev–Trinajstić information content (AvgIpc) is 2.02. The van der Waals surface area contributed by atoms with Crippen LogP contribution >= 0.6 is 0 Å². The molecule has 0 saturated heterocycles. The number of carbonyl (C=O) groups excluding carboxylic acids is 1. The third-order valence-electron chi connectivity index (χ3n) is 1.55. The van der Waals surface area contributed by atoms with E-state index in [4.69, 9.17) is 10.8 Å². The van der Waals surface area contributed by atoms with Gasteiger partial charge in [0, 0.05) is 12.1 Å². The normalized spacial score (nSPS) is 9.21. The molecule has 0 amide bonds. The highest BCUT2D eigenvalue weighted by atomic mass is 16.3. The van der Waals surface area contributed by atoms with Crippen molar-refractivity contribution in [1.82, 2.24) is 0 Å². The standard InChI is InChI=1S/C8H9NO4.H2O/c9-3-7(13)8-5(11)1-4(10)2-6(8)12;/h1-2,10-12H,3,9H2;1H2. The average molecular weight is 201 g/mol. The Hall–Kier alpha value is -1.79. The molecule has 0 aliphatic heterocycles.